The highest BCUT2D eigenvalue weighted by molar-refractivity contribution is 6.09. The zero-order valence-corrected chi connectivity index (χ0v) is 42.7. The van der Waals surface area contributed by atoms with Gasteiger partial charge in [0.15, 0.2) is 0 Å². The summed E-state index contributed by atoms with van der Waals surface area (Å²) in [6, 6.07) is 6.74. The molecule has 62 heavy (non-hydrogen) atoms. The quantitative estimate of drug-likeness (QED) is 0.0989. The molecular formula is C56H92FN3O2. The molecule has 2 aliphatic rings. The minimum absolute atomic E-state index is 0.264. The second-order valence-electron chi connectivity index (χ2n) is 18.3. The molecule has 0 spiro atoms. The molecule has 0 bridgehead atoms. The molecule has 1 aromatic carbocycles. The van der Waals surface area contributed by atoms with E-state index in [1.807, 2.05) is 53.8 Å². The highest BCUT2D eigenvalue weighted by Crippen LogP contribution is 2.52. The van der Waals surface area contributed by atoms with Crippen molar-refractivity contribution in [1.82, 2.24) is 5.32 Å². The number of fused-ring (bicyclic) bond motifs is 1. The van der Waals surface area contributed by atoms with Crippen LogP contribution in [0.15, 0.2) is 89.1 Å². The third-order valence-corrected chi connectivity index (χ3v) is 12.1. The van der Waals surface area contributed by atoms with Crippen LogP contribution in [0, 0.1) is 23.7 Å². The van der Waals surface area contributed by atoms with Crippen LogP contribution in [-0.4, -0.2) is 23.9 Å². The number of nitrogens with zero attached hydrogens (tertiary/aromatic N) is 2. The highest BCUT2D eigenvalue weighted by atomic mass is 19.1. The van der Waals surface area contributed by atoms with E-state index >= 15 is 0 Å². The minimum Gasteiger partial charge on any atom is -0.356 e. The van der Waals surface area contributed by atoms with Crippen LogP contribution in [0.1, 0.15) is 205 Å². The first-order chi connectivity index (χ1) is 29.3. The molecule has 1 heterocycles. The van der Waals surface area contributed by atoms with E-state index in [4.69, 9.17) is 4.99 Å². The number of anilines is 1. The van der Waals surface area contributed by atoms with Crippen LogP contribution in [0.25, 0.3) is 5.57 Å². The first-order valence-electron chi connectivity index (χ1n) is 24.4. The van der Waals surface area contributed by atoms with E-state index in [-0.39, 0.29) is 17.9 Å². The van der Waals surface area contributed by atoms with E-state index < -0.39 is 11.2 Å². The first-order valence-corrected chi connectivity index (χ1v) is 24.4. The van der Waals surface area contributed by atoms with Gasteiger partial charge in [-0.15, -0.1) is 0 Å². The second kappa shape index (κ2) is 31.1. The Bertz CT molecular complexity index is 1680. The van der Waals surface area contributed by atoms with Gasteiger partial charge in [-0.2, -0.15) is 0 Å². The molecular weight excluding hydrogens is 766 g/mol. The third-order valence-electron chi connectivity index (χ3n) is 12.1. The van der Waals surface area contributed by atoms with Gasteiger partial charge in [0.2, 0.25) is 5.91 Å². The molecule has 1 aliphatic heterocycles. The molecule has 2 unspecified atom stereocenters. The maximum absolute atomic E-state index is 14.4. The Balaban J connectivity index is 0.00000162. The van der Waals surface area contributed by atoms with E-state index in [0.29, 0.717) is 17.4 Å². The summed E-state index contributed by atoms with van der Waals surface area (Å²) in [6.07, 6.45) is 22.8. The molecule has 1 aromatic rings. The molecule has 1 fully saturated rings. The van der Waals surface area contributed by atoms with Gasteiger partial charge in [-0.1, -0.05) is 159 Å². The Hall–Kier alpha value is -3.80. The van der Waals surface area contributed by atoms with Gasteiger partial charge >= 0.3 is 0 Å². The Kier molecular flexibility index (Phi) is 29.2. The highest BCUT2D eigenvalue weighted by Gasteiger charge is 2.53. The molecule has 3 rings (SSSR count). The summed E-state index contributed by atoms with van der Waals surface area (Å²) >= 11 is 0. The van der Waals surface area contributed by atoms with Crippen molar-refractivity contribution >= 4 is 29.2 Å². The summed E-state index contributed by atoms with van der Waals surface area (Å²) in [5.74, 6) is 2.91. The molecule has 1 N–H and O–H groups in total. The largest absolute Gasteiger partial charge is 0.356 e. The van der Waals surface area contributed by atoms with Crippen LogP contribution in [0.4, 0.5) is 10.1 Å². The summed E-state index contributed by atoms with van der Waals surface area (Å²) in [7, 11) is 0. The van der Waals surface area contributed by atoms with Gasteiger partial charge in [-0.05, 0) is 131 Å². The van der Waals surface area contributed by atoms with Crippen molar-refractivity contribution in [3.8, 4) is 0 Å². The number of benzene rings is 1. The zero-order valence-electron chi connectivity index (χ0n) is 42.7. The second-order valence-corrected chi connectivity index (χ2v) is 18.3. The number of halogens is 1. The number of allylic oxidation sites excluding steroid dienone is 8. The van der Waals surface area contributed by atoms with Crippen molar-refractivity contribution in [2.75, 3.05) is 4.90 Å². The fourth-order valence-electron chi connectivity index (χ4n) is 7.53. The Labute approximate surface area is 381 Å². The summed E-state index contributed by atoms with van der Waals surface area (Å²) in [4.78, 5) is 31.5. The lowest BCUT2D eigenvalue weighted by atomic mass is 9.73. The van der Waals surface area contributed by atoms with Gasteiger partial charge in [0, 0.05) is 29.6 Å². The lowest BCUT2D eigenvalue weighted by Gasteiger charge is -2.42. The number of hydrogen-bond donors (Lipinski definition) is 1. The van der Waals surface area contributed by atoms with Crippen LogP contribution in [0.3, 0.4) is 0 Å². The first kappa shape index (κ1) is 58.2. The smallest absolute Gasteiger partial charge is 0.237 e. The fraction of sp³-hybridized carbons (Fsp3) is 0.625. The van der Waals surface area contributed by atoms with Crippen molar-refractivity contribution in [2.24, 2.45) is 28.7 Å². The molecule has 0 saturated heterocycles. The number of carbonyl (C=O) groups excluding carboxylic acids is 2. The predicted octanol–water partition coefficient (Wildman–Crippen LogP) is 16.8. The zero-order chi connectivity index (χ0) is 47.6. The molecule has 5 nitrogen and oxygen atoms in total. The van der Waals surface area contributed by atoms with E-state index in [2.05, 4.69) is 104 Å². The van der Waals surface area contributed by atoms with Gasteiger partial charge < -0.3 is 10.2 Å². The van der Waals surface area contributed by atoms with Crippen LogP contribution in [-0.2, 0) is 15.0 Å². The van der Waals surface area contributed by atoms with E-state index in [1.54, 1.807) is 19.1 Å². The number of hydrogen-bond acceptors (Lipinski definition) is 4. The maximum Gasteiger partial charge on any atom is 0.237 e. The van der Waals surface area contributed by atoms with Crippen LogP contribution in [0.5, 0.6) is 0 Å². The monoisotopic (exact) mass is 858 g/mol. The number of rotatable bonds is 21. The number of amides is 1. The Morgan fingerprint density at radius 3 is 2.00 bits per heavy atom. The lowest BCUT2D eigenvalue weighted by molar-refractivity contribution is -0.125. The van der Waals surface area contributed by atoms with Crippen LogP contribution < -0.4 is 10.2 Å². The van der Waals surface area contributed by atoms with Crippen molar-refractivity contribution in [2.45, 2.75) is 206 Å². The Morgan fingerprint density at radius 2 is 1.56 bits per heavy atom. The molecule has 1 amide bonds. The van der Waals surface area contributed by atoms with Crippen molar-refractivity contribution in [3.63, 3.8) is 0 Å². The minimum atomic E-state index is -0.441. The topological polar surface area (TPSA) is 61.8 Å². The number of Topliss-reactive ketones (excluding diaryl/α,β-unsaturated/α-hetero) is 1. The number of aliphatic imine (C=N–C) groups is 1. The summed E-state index contributed by atoms with van der Waals surface area (Å²) in [6.45, 7) is 41.3. The molecule has 0 radical (unpaired) electrons. The van der Waals surface area contributed by atoms with Gasteiger partial charge in [0.05, 0.1) is 16.8 Å². The number of nitrogens with one attached hydrogen (secondary N) is 1. The normalized spacial score (nSPS) is 18.5. The molecule has 0 aromatic heterocycles. The number of ketones is 1. The molecule has 350 valence electrons. The van der Waals surface area contributed by atoms with E-state index in [9.17, 15) is 14.0 Å². The summed E-state index contributed by atoms with van der Waals surface area (Å²) < 4.78 is 14.4. The molecule has 1 saturated carbocycles. The standard InChI is InChI=1S/C38H52FN3O.C8H18.C6H12O.C4H10/c1-10-16-34(33(39)15-6)41-28(9)27(8)35(40-21-13-4)22-26(7)30-17-18-32-36(25-30)42(31-23-29(14-5)24-31)37(43)38(32,19-11-2)20-12-3;1-4-6-7-8(3)5-2;1-4-5(2)6(3)7;1-4(2)3/h10,15-18,21-22,25,29,31,41H,6-7,11-14,19-20,23-24H2,1-5,8-9H3;8H,4-7H2,1-3H3;5H,4H2,1-3H3;4H,1-3H3/b16-10-,28-27+,34-33-,35-22+,40-21?;;;. The maximum atomic E-state index is 14.4. The van der Waals surface area contributed by atoms with Gasteiger partial charge in [0.1, 0.15) is 11.6 Å². The third kappa shape index (κ3) is 18.5. The van der Waals surface area contributed by atoms with Gasteiger partial charge in [-0.3, -0.25) is 14.6 Å². The fourth-order valence-corrected chi connectivity index (χ4v) is 7.53. The SMILES string of the molecule is C=C/C(F)=C(\C=C/C)N/C(C)=C(C)/C(=C\C(=C)c1ccc2c(c1)N(C1CC(CC)C1)C(=O)C2(CCC)CCC)N=CCC.CC(C)C.CCC(C)C(C)=O.CCCCC(C)CC. The molecule has 2 atom stereocenters. The van der Waals surface area contributed by atoms with E-state index in [0.717, 1.165) is 103 Å². The van der Waals surface area contributed by atoms with Gasteiger partial charge in [0.25, 0.3) is 0 Å². The van der Waals surface area contributed by atoms with Crippen LogP contribution in [0.2, 0.25) is 0 Å². The number of carbonyl (C=O) groups is 2. The van der Waals surface area contributed by atoms with Crippen LogP contribution >= 0.6 is 0 Å². The molecule has 1 aliphatic carbocycles. The lowest BCUT2D eigenvalue weighted by Crippen LogP contribution is -2.50. The van der Waals surface area contributed by atoms with Gasteiger partial charge in [-0.25, -0.2) is 4.39 Å². The average molecular weight is 858 g/mol. The van der Waals surface area contributed by atoms with Crippen molar-refractivity contribution in [3.05, 3.63) is 95.3 Å². The summed E-state index contributed by atoms with van der Waals surface area (Å²) in [5.41, 5.74) is 6.34. The van der Waals surface area contributed by atoms with Crippen molar-refractivity contribution < 1.29 is 14.0 Å². The Morgan fingerprint density at radius 1 is 0.968 bits per heavy atom. The average Bonchev–Trinajstić information content (AvgIpc) is 3.45. The number of unbranched alkanes of at least 4 members (excludes halogenated alkanes) is 1. The molecule has 6 heteroatoms. The summed E-state index contributed by atoms with van der Waals surface area (Å²) in [5, 5.41) is 3.19. The van der Waals surface area contributed by atoms with Crippen molar-refractivity contribution in [1.29, 1.82) is 0 Å². The predicted molar refractivity (Wildman–Crippen MR) is 272 cm³/mol. The van der Waals surface area contributed by atoms with E-state index in [1.165, 1.54) is 37.3 Å².